The van der Waals surface area contributed by atoms with Crippen molar-refractivity contribution in [2.24, 2.45) is 30.7 Å². The van der Waals surface area contributed by atoms with Gasteiger partial charge in [-0.15, -0.1) is 0 Å². The highest BCUT2D eigenvalue weighted by atomic mass is 16.2. The number of aromatic nitrogens is 2. The topological polar surface area (TPSA) is 46.9 Å². The molecule has 1 heterocycles. The minimum Gasteiger partial charge on any atom is -0.350 e. The van der Waals surface area contributed by atoms with Crippen molar-refractivity contribution in [1.82, 2.24) is 15.1 Å². The summed E-state index contributed by atoms with van der Waals surface area (Å²) in [6.45, 7) is 5.11. The minimum absolute atomic E-state index is 0.00626. The van der Waals surface area contributed by atoms with Crippen LogP contribution in [0.5, 0.6) is 0 Å². The molecule has 1 fully saturated rings. The van der Waals surface area contributed by atoms with Gasteiger partial charge in [0, 0.05) is 13.6 Å². The standard InChI is InChI=1S/C17H25N3O/c1-11(2)6-15-9-16(20(3)19-15)17(21)18-10-14-8-12-4-5-13(14)7-12/h4-5,9,11-14H,6-8,10H2,1-3H3,(H,18,21)/t12-,13+,14+/m1/s1. The van der Waals surface area contributed by atoms with Crippen LogP contribution in [0.3, 0.4) is 0 Å². The van der Waals surface area contributed by atoms with Gasteiger partial charge in [-0.3, -0.25) is 9.48 Å². The normalized spacial score (nSPS) is 26.8. The summed E-state index contributed by atoms with van der Waals surface area (Å²) in [6.07, 6.45) is 8.09. The molecule has 0 unspecified atom stereocenters. The molecule has 4 nitrogen and oxygen atoms in total. The second-order valence-corrected chi connectivity index (χ2v) is 6.99. The number of allylic oxidation sites excluding steroid dienone is 2. The van der Waals surface area contributed by atoms with Crippen molar-refractivity contribution < 1.29 is 4.79 Å². The SMILES string of the molecule is CC(C)Cc1cc(C(=O)NC[C@@H]2C[C@@H]3C=C[C@H]2C3)n(C)n1. The molecule has 3 atom stereocenters. The number of amides is 1. The lowest BCUT2D eigenvalue weighted by Gasteiger charge is -2.18. The molecule has 2 bridgehead atoms. The fraction of sp³-hybridized carbons (Fsp3) is 0.647. The number of carbonyl (C=O) groups is 1. The smallest absolute Gasteiger partial charge is 0.269 e. The Morgan fingerprint density at radius 1 is 1.43 bits per heavy atom. The largest absolute Gasteiger partial charge is 0.350 e. The fourth-order valence-corrected chi connectivity index (χ4v) is 3.70. The Morgan fingerprint density at radius 3 is 2.86 bits per heavy atom. The molecule has 1 amide bonds. The maximum Gasteiger partial charge on any atom is 0.269 e. The van der Waals surface area contributed by atoms with Crippen LogP contribution in [0.2, 0.25) is 0 Å². The van der Waals surface area contributed by atoms with Gasteiger partial charge < -0.3 is 5.32 Å². The second kappa shape index (κ2) is 5.66. The highest BCUT2D eigenvalue weighted by molar-refractivity contribution is 5.92. The third-order valence-corrected chi connectivity index (χ3v) is 4.72. The van der Waals surface area contributed by atoms with Gasteiger partial charge in [-0.25, -0.2) is 0 Å². The van der Waals surface area contributed by atoms with E-state index in [2.05, 4.69) is 36.4 Å². The zero-order valence-corrected chi connectivity index (χ0v) is 13.2. The van der Waals surface area contributed by atoms with Gasteiger partial charge in [0.15, 0.2) is 0 Å². The Hall–Kier alpha value is -1.58. The van der Waals surface area contributed by atoms with Crippen LogP contribution in [0.1, 0.15) is 42.9 Å². The third-order valence-electron chi connectivity index (χ3n) is 4.72. The van der Waals surface area contributed by atoms with E-state index in [4.69, 9.17) is 0 Å². The molecule has 1 aromatic heterocycles. The van der Waals surface area contributed by atoms with Crippen LogP contribution < -0.4 is 5.32 Å². The number of aryl methyl sites for hydroxylation is 1. The van der Waals surface area contributed by atoms with Crippen LogP contribution in [0.4, 0.5) is 0 Å². The minimum atomic E-state index is 0.00626. The molecular weight excluding hydrogens is 262 g/mol. The van der Waals surface area contributed by atoms with E-state index in [0.717, 1.165) is 24.6 Å². The van der Waals surface area contributed by atoms with E-state index in [1.165, 1.54) is 12.8 Å². The monoisotopic (exact) mass is 287 g/mol. The number of hydrogen-bond donors (Lipinski definition) is 1. The Bertz CT molecular complexity index is 558. The zero-order chi connectivity index (χ0) is 15.0. The van der Waals surface area contributed by atoms with E-state index in [1.807, 2.05) is 13.1 Å². The van der Waals surface area contributed by atoms with Crippen molar-refractivity contribution in [3.05, 3.63) is 29.6 Å². The van der Waals surface area contributed by atoms with E-state index in [1.54, 1.807) is 4.68 Å². The summed E-state index contributed by atoms with van der Waals surface area (Å²) in [5, 5.41) is 7.53. The zero-order valence-electron chi connectivity index (χ0n) is 13.2. The van der Waals surface area contributed by atoms with Crippen LogP contribution in [-0.4, -0.2) is 22.2 Å². The molecule has 1 saturated carbocycles. The number of nitrogens with one attached hydrogen (secondary N) is 1. The van der Waals surface area contributed by atoms with Gasteiger partial charge in [0.05, 0.1) is 5.69 Å². The molecule has 1 aromatic rings. The van der Waals surface area contributed by atoms with Crippen molar-refractivity contribution in [3.63, 3.8) is 0 Å². The maximum absolute atomic E-state index is 12.3. The van der Waals surface area contributed by atoms with Gasteiger partial charge in [0.25, 0.3) is 5.91 Å². The number of carbonyl (C=O) groups excluding carboxylic acids is 1. The molecule has 114 valence electrons. The van der Waals surface area contributed by atoms with E-state index in [-0.39, 0.29) is 5.91 Å². The molecule has 21 heavy (non-hydrogen) atoms. The van der Waals surface area contributed by atoms with Gasteiger partial charge in [-0.05, 0) is 49.0 Å². The molecule has 1 N–H and O–H groups in total. The first kappa shape index (κ1) is 14.4. The van der Waals surface area contributed by atoms with Crippen molar-refractivity contribution in [2.75, 3.05) is 6.54 Å². The lowest BCUT2D eigenvalue weighted by atomic mass is 9.93. The van der Waals surface area contributed by atoms with Crippen molar-refractivity contribution in [2.45, 2.75) is 33.1 Å². The first-order valence-electron chi connectivity index (χ1n) is 8.02. The van der Waals surface area contributed by atoms with Crippen molar-refractivity contribution in [1.29, 1.82) is 0 Å². The summed E-state index contributed by atoms with van der Waals surface area (Å²) in [5.74, 6) is 2.61. The van der Waals surface area contributed by atoms with Crippen molar-refractivity contribution >= 4 is 5.91 Å². The average Bonchev–Trinajstić information content (AvgIpc) is 3.10. The molecule has 0 radical (unpaired) electrons. The van der Waals surface area contributed by atoms with Crippen LogP contribution >= 0.6 is 0 Å². The first-order chi connectivity index (χ1) is 10.0. The average molecular weight is 287 g/mol. The molecule has 0 aromatic carbocycles. The first-order valence-corrected chi connectivity index (χ1v) is 8.02. The maximum atomic E-state index is 12.3. The van der Waals surface area contributed by atoms with Crippen LogP contribution in [-0.2, 0) is 13.5 Å². The molecule has 3 rings (SSSR count). The Morgan fingerprint density at radius 2 is 2.24 bits per heavy atom. The quantitative estimate of drug-likeness (QED) is 0.846. The van der Waals surface area contributed by atoms with Crippen molar-refractivity contribution in [3.8, 4) is 0 Å². The Balaban J connectivity index is 1.58. The third kappa shape index (κ3) is 3.04. The fourth-order valence-electron chi connectivity index (χ4n) is 3.70. The molecule has 0 saturated heterocycles. The molecule has 0 aliphatic heterocycles. The van der Waals surface area contributed by atoms with Gasteiger partial charge in [0.1, 0.15) is 5.69 Å². The van der Waals surface area contributed by atoms with Crippen LogP contribution in [0.25, 0.3) is 0 Å². The summed E-state index contributed by atoms with van der Waals surface area (Å²) in [5.41, 5.74) is 1.67. The predicted molar refractivity (Wildman–Crippen MR) is 82.9 cm³/mol. The molecule has 2 aliphatic carbocycles. The summed E-state index contributed by atoms with van der Waals surface area (Å²) in [7, 11) is 1.85. The molecular formula is C17H25N3O. The number of rotatable bonds is 5. The van der Waals surface area contributed by atoms with Gasteiger partial charge in [0.2, 0.25) is 0 Å². The summed E-state index contributed by atoms with van der Waals surface area (Å²) < 4.78 is 1.70. The number of hydrogen-bond acceptors (Lipinski definition) is 2. The lowest BCUT2D eigenvalue weighted by Crippen LogP contribution is -2.32. The molecule has 0 spiro atoms. The number of fused-ring (bicyclic) bond motifs is 2. The van der Waals surface area contributed by atoms with Gasteiger partial charge >= 0.3 is 0 Å². The highest BCUT2D eigenvalue weighted by Gasteiger charge is 2.35. The van der Waals surface area contributed by atoms with E-state index < -0.39 is 0 Å². The summed E-state index contributed by atoms with van der Waals surface area (Å²) >= 11 is 0. The van der Waals surface area contributed by atoms with E-state index in [9.17, 15) is 4.79 Å². The Kier molecular flexibility index (Phi) is 3.87. The predicted octanol–water partition coefficient (Wildman–Crippen LogP) is 2.56. The second-order valence-electron chi connectivity index (χ2n) is 6.99. The van der Waals surface area contributed by atoms with Gasteiger partial charge in [-0.1, -0.05) is 26.0 Å². The summed E-state index contributed by atoms with van der Waals surface area (Å²) in [6, 6.07) is 1.93. The van der Waals surface area contributed by atoms with Gasteiger partial charge in [-0.2, -0.15) is 5.10 Å². The lowest BCUT2D eigenvalue weighted by molar-refractivity contribution is 0.0935. The van der Waals surface area contributed by atoms with E-state index >= 15 is 0 Å². The molecule has 2 aliphatic rings. The molecule has 4 heteroatoms. The number of nitrogens with zero attached hydrogens (tertiary/aromatic N) is 2. The van der Waals surface area contributed by atoms with E-state index in [0.29, 0.717) is 23.4 Å². The van der Waals surface area contributed by atoms with Crippen LogP contribution in [0, 0.1) is 23.7 Å². The summed E-state index contributed by atoms with van der Waals surface area (Å²) in [4.78, 5) is 12.3. The highest BCUT2D eigenvalue weighted by Crippen LogP contribution is 2.42. The van der Waals surface area contributed by atoms with Crippen LogP contribution in [0.15, 0.2) is 18.2 Å². The Labute approximate surface area is 126 Å².